The Morgan fingerprint density at radius 3 is 2.36 bits per heavy atom. The van der Waals surface area contributed by atoms with E-state index in [0.717, 1.165) is 17.7 Å². The molecule has 0 fully saturated rings. The number of aryl methyl sites for hydroxylation is 1. The third-order valence-corrected chi connectivity index (χ3v) is 3.19. The van der Waals surface area contributed by atoms with Crippen LogP contribution in [0.1, 0.15) is 34.0 Å². The van der Waals surface area contributed by atoms with Gasteiger partial charge in [-0.1, -0.05) is 12.1 Å². The molecule has 0 unspecified atom stereocenters. The van der Waals surface area contributed by atoms with Gasteiger partial charge in [0.15, 0.2) is 5.78 Å². The number of rotatable bonds is 4. The number of halogens is 3. The first-order chi connectivity index (χ1) is 10.3. The van der Waals surface area contributed by atoms with Crippen LogP contribution in [0.4, 0.5) is 13.2 Å². The maximum Gasteiger partial charge on any atom is 0.416 e. The highest BCUT2D eigenvalue weighted by Crippen LogP contribution is 2.30. The van der Waals surface area contributed by atoms with Crippen molar-refractivity contribution >= 4 is 5.78 Å². The fourth-order valence-electron chi connectivity index (χ4n) is 2.11. The number of alkyl halides is 3. The lowest BCUT2D eigenvalue weighted by molar-refractivity contribution is -0.137. The van der Waals surface area contributed by atoms with Gasteiger partial charge in [-0.3, -0.25) is 4.79 Å². The number of hydrogen-bond donors (Lipinski definition) is 0. The number of carbonyl (C=O) groups is 1. The van der Waals surface area contributed by atoms with E-state index < -0.39 is 17.5 Å². The molecule has 0 spiro atoms. The predicted octanol–water partition coefficient (Wildman–Crippen LogP) is 4.64. The predicted molar refractivity (Wildman–Crippen MR) is 77.2 cm³/mol. The van der Waals surface area contributed by atoms with Crippen LogP contribution in [-0.4, -0.2) is 12.4 Å². The maximum atomic E-state index is 12.7. The summed E-state index contributed by atoms with van der Waals surface area (Å²) in [6.45, 7) is 4.14. The second kappa shape index (κ2) is 6.22. The van der Waals surface area contributed by atoms with Crippen LogP contribution in [0.15, 0.2) is 42.5 Å². The first-order valence-corrected chi connectivity index (χ1v) is 6.78. The molecular formula is C17H15F3O2. The molecule has 22 heavy (non-hydrogen) atoms. The fraction of sp³-hybridized carbons (Fsp3) is 0.235. The van der Waals surface area contributed by atoms with Gasteiger partial charge in [0.2, 0.25) is 0 Å². The Kier molecular flexibility index (Phi) is 4.54. The third kappa shape index (κ3) is 3.47. The molecule has 2 aromatic rings. The minimum atomic E-state index is -4.47. The summed E-state index contributed by atoms with van der Waals surface area (Å²) in [5.74, 6) is 0.209. The van der Waals surface area contributed by atoms with Crippen LogP contribution >= 0.6 is 0 Å². The van der Waals surface area contributed by atoms with Gasteiger partial charge in [0.1, 0.15) is 5.75 Å². The Bertz CT molecular complexity index is 691. The lowest BCUT2D eigenvalue weighted by Crippen LogP contribution is -2.08. The second-order valence-electron chi connectivity index (χ2n) is 4.82. The highest BCUT2D eigenvalue weighted by molar-refractivity contribution is 6.09. The Morgan fingerprint density at radius 1 is 1.09 bits per heavy atom. The van der Waals surface area contributed by atoms with Gasteiger partial charge in [-0.2, -0.15) is 13.2 Å². The third-order valence-electron chi connectivity index (χ3n) is 3.19. The average molecular weight is 308 g/mol. The summed E-state index contributed by atoms with van der Waals surface area (Å²) in [5, 5.41) is 0. The molecule has 0 radical (unpaired) electrons. The van der Waals surface area contributed by atoms with Gasteiger partial charge in [0.25, 0.3) is 0 Å². The summed E-state index contributed by atoms with van der Waals surface area (Å²) in [5.41, 5.74) is 0.277. The highest BCUT2D eigenvalue weighted by Gasteiger charge is 2.31. The molecule has 5 heteroatoms. The first kappa shape index (κ1) is 16.1. The van der Waals surface area contributed by atoms with E-state index in [1.54, 1.807) is 25.1 Å². The average Bonchev–Trinajstić information content (AvgIpc) is 2.48. The Labute approximate surface area is 126 Å². The number of ether oxygens (including phenoxy) is 1. The van der Waals surface area contributed by atoms with Crippen molar-refractivity contribution in [3.63, 3.8) is 0 Å². The van der Waals surface area contributed by atoms with Crippen LogP contribution in [0.2, 0.25) is 0 Å². The molecular weight excluding hydrogens is 293 g/mol. The van der Waals surface area contributed by atoms with Gasteiger partial charge in [-0.25, -0.2) is 0 Å². The zero-order valence-electron chi connectivity index (χ0n) is 12.2. The molecule has 2 nitrogen and oxygen atoms in total. The summed E-state index contributed by atoms with van der Waals surface area (Å²) in [6.07, 6.45) is -4.47. The topological polar surface area (TPSA) is 26.3 Å². The Balaban J connectivity index is 2.34. The van der Waals surface area contributed by atoms with E-state index in [4.69, 9.17) is 4.74 Å². The molecule has 0 bridgehead atoms. The van der Waals surface area contributed by atoms with Gasteiger partial charge in [0, 0.05) is 11.1 Å². The first-order valence-electron chi connectivity index (χ1n) is 6.78. The second-order valence-corrected chi connectivity index (χ2v) is 4.82. The van der Waals surface area contributed by atoms with Crippen molar-refractivity contribution in [3.05, 3.63) is 64.7 Å². The molecule has 116 valence electrons. The minimum absolute atomic E-state index is 0.0124. The normalized spacial score (nSPS) is 11.3. The number of hydrogen-bond acceptors (Lipinski definition) is 2. The Morgan fingerprint density at radius 2 is 1.77 bits per heavy atom. The van der Waals surface area contributed by atoms with Crippen molar-refractivity contribution in [2.24, 2.45) is 0 Å². The molecule has 0 N–H and O–H groups in total. The molecule has 0 aliphatic rings. The molecule has 0 atom stereocenters. The van der Waals surface area contributed by atoms with E-state index in [9.17, 15) is 18.0 Å². The van der Waals surface area contributed by atoms with Crippen LogP contribution in [-0.2, 0) is 6.18 Å². The maximum absolute atomic E-state index is 12.7. The van der Waals surface area contributed by atoms with E-state index in [1.807, 2.05) is 6.92 Å². The van der Waals surface area contributed by atoms with Crippen molar-refractivity contribution in [2.75, 3.05) is 6.61 Å². The smallest absolute Gasteiger partial charge is 0.416 e. The van der Waals surface area contributed by atoms with Crippen molar-refractivity contribution in [2.45, 2.75) is 20.0 Å². The summed E-state index contributed by atoms with van der Waals surface area (Å²) < 4.78 is 43.5. The van der Waals surface area contributed by atoms with Crippen LogP contribution in [0, 0.1) is 6.92 Å². The minimum Gasteiger partial charge on any atom is -0.494 e. The lowest BCUT2D eigenvalue weighted by atomic mass is 9.99. The fourth-order valence-corrected chi connectivity index (χ4v) is 2.11. The van der Waals surface area contributed by atoms with Crippen molar-refractivity contribution in [1.82, 2.24) is 0 Å². The van der Waals surface area contributed by atoms with Gasteiger partial charge >= 0.3 is 6.18 Å². The quantitative estimate of drug-likeness (QED) is 0.769. The largest absolute Gasteiger partial charge is 0.494 e. The van der Waals surface area contributed by atoms with Gasteiger partial charge < -0.3 is 4.74 Å². The van der Waals surface area contributed by atoms with E-state index in [-0.39, 0.29) is 5.56 Å². The van der Waals surface area contributed by atoms with Crippen molar-refractivity contribution in [3.8, 4) is 5.75 Å². The summed E-state index contributed by atoms with van der Waals surface area (Å²) in [6, 6.07) is 9.25. The molecule has 0 heterocycles. The van der Waals surface area contributed by atoms with Gasteiger partial charge in [-0.05, 0) is 49.7 Å². The van der Waals surface area contributed by atoms with Crippen LogP contribution in [0.3, 0.4) is 0 Å². The molecule has 0 aliphatic carbocycles. The van der Waals surface area contributed by atoms with Gasteiger partial charge in [0.05, 0.1) is 12.2 Å². The lowest BCUT2D eigenvalue weighted by Gasteiger charge is -2.10. The van der Waals surface area contributed by atoms with E-state index in [1.165, 1.54) is 12.1 Å². The van der Waals surface area contributed by atoms with Crippen LogP contribution in [0.25, 0.3) is 0 Å². The SMILES string of the molecule is CCOc1ccc(C(=O)c2cccc(C(F)(F)F)c2)cc1C. The Hall–Kier alpha value is -2.30. The van der Waals surface area contributed by atoms with Crippen LogP contribution in [0.5, 0.6) is 5.75 Å². The number of benzene rings is 2. The molecule has 0 saturated carbocycles. The van der Waals surface area contributed by atoms with E-state index in [2.05, 4.69) is 0 Å². The van der Waals surface area contributed by atoms with E-state index in [0.29, 0.717) is 17.9 Å². The zero-order chi connectivity index (χ0) is 16.3. The molecule has 0 saturated heterocycles. The number of ketones is 1. The summed E-state index contributed by atoms with van der Waals surface area (Å²) in [7, 11) is 0. The zero-order valence-corrected chi connectivity index (χ0v) is 12.2. The summed E-state index contributed by atoms with van der Waals surface area (Å²) >= 11 is 0. The van der Waals surface area contributed by atoms with Crippen molar-refractivity contribution in [1.29, 1.82) is 0 Å². The van der Waals surface area contributed by atoms with Crippen LogP contribution < -0.4 is 4.74 Å². The monoisotopic (exact) mass is 308 g/mol. The molecule has 0 aliphatic heterocycles. The van der Waals surface area contributed by atoms with Crippen molar-refractivity contribution < 1.29 is 22.7 Å². The molecule has 2 aromatic carbocycles. The highest BCUT2D eigenvalue weighted by atomic mass is 19.4. The van der Waals surface area contributed by atoms with E-state index >= 15 is 0 Å². The summed E-state index contributed by atoms with van der Waals surface area (Å²) in [4.78, 5) is 12.3. The molecule has 2 rings (SSSR count). The standard InChI is InChI=1S/C17H15F3O2/c1-3-22-15-8-7-13(9-11(15)2)16(21)12-5-4-6-14(10-12)17(18,19)20/h4-10H,3H2,1-2H3. The van der Waals surface area contributed by atoms with Gasteiger partial charge in [-0.15, -0.1) is 0 Å². The molecule has 0 amide bonds. The number of carbonyl (C=O) groups excluding carboxylic acids is 1. The molecule has 0 aromatic heterocycles.